The predicted octanol–water partition coefficient (Wildman–Crippen LogP) is 3.32. The van der Waals surface area contributed by atoms with Gasteiger partial charge < -0.3 is 10.2 Å². The maximum absolute atomic E-state index is 4.60. The maximum atomic E-state index is 4.60. The minimum absolute atomic E-state index is 0.523. The lowest BCUT2D eigenvalue weighted by molar-refractivity contribution is 0.394. The third-order valence-corrected chi connectivity index (χ3v) is 4.84. The Hall–Kier alpha value is -1.33. The predicted molar refractivity (Wildman–Crippen MR) is 94.8 cm³/mol. The minimum atomic E-state index is 0.523. The lowest BCUT2D eigenvalue weighted by Crippen LogP contribution is -2.48. The van der Waals surface area contributed by atoms with Crippen LogP contribution in [-0.2, 0) is 0 Å². The number of hydrogen-bond acceptors (Lipinski definition) is 5. The fraction of sp³-hybridized carbons (Fsp3) is 0.529. The highest BCUT2D eigenvalue weighted by molar-refractivity contribution is 7.98. The van der Waals surface area contributed by atoms with Crippen LogP contribution in [-0.4, -0.2) is 41.4 Å². The molecule has 1 aliphatic heterocycles. The molecule has 1 N–H and O–H groups in total. The van der Waals surface area contributed by atoms with E-state index in [9.17, 15) is 0 Å². The van der Waals surface area contributed by atoms with Crippen LogP contribution >= 0.6 is 11.8 Å². The molecule has 1 aromatic carbocycles. The van der Waals surface area contributed by atoms with E-state index in [1.54, 1.807) is 18.1 Å². The standard InChI is InChI=1S/C17H24N4S/c1-12(2)20-13-5-4-8-21(10-13)17-15-9-14(22-3)6-7-16(15)18-11-19-17/h6-7,9,11-13,20H,4-5,8,10H2,1-3H3. The Morgan fingerprint density at radius 1 is 1.32 bits per heavy atom. The summed E-state index contributed by atoms with van der Waals surface area (Å²) in [4.78, 5) is 12.7. The molecule has 1 aliphatic rings. The smallest absolute Gasteiger partial charge is 0.139 e. The van der Waals surface area contributed by atoms with Gasteiger partial charge in [-0.1, -0.05) is 13.8 Å². The Bertz CT molecular complexity index is 644. The Morgan fingerprint density at radius 3 is 2.95 bits per heavy atom. The Kier molecular flexibility index (Phi) is 4.84. The molecule has 5 heteroatoms. The first kappa shape index (κ1) is 15.6. The molecular weight excluding hydrogens is 292 g/mol. The maximum Gasteiger partial charge on any atom is 0.139 e. The van der Waals surface area contributed by atoms with Crippen LogP contribution in [0.5, 0.6) is 0 Å². The number of benzene rings is 1. The van der Waals surface area contributed by atoms with E-state index in [1.807, 2.05) is 0 Å². The summed E-state index contributed by atoms with van der Waals surface area (Å²) in [6, 6.07) is 7.51. The number of nitrogens with one attached hydrogen (secondary N) is 1. The number of anilines is 1. The van der Waals surface area contributed by atoms with Crippen LogP contribution in [0, 0.1) is 0 Å². The van der Waals surface area contributed by atoms with Gasteiger partial charge >= 0.3 is 0 Å². The summed E-state index contributed by atoms with van der Waals surface area (Å²) in [7, 11) is 0. The van der Waals surface area contributed by atoms with Crippen molar-refractivity contribution in [3.05, 3.63) is 24.5 Å². The van der Waals surface area contributed by atoms with E-state index < -0.39 is 0 Å². The van der Waals surface area contributed by atoms with Gasteiger partial charge in [-0.3, -0.25) is 0 Å². The molecule has 0 saturated carbocycles. The van der Waals surface area contributed by atoms with E-state index in [-0.39, 0.29) is 0 Å². The van der Waals surface area contributed by atoms with Crippen LogP contribution in [0.2, 0.25) is 0 Å². The van der Waals surface area contributed by atoms with Crippen molar-refractivity contribution in [3.8, 4) is 0 Å². The summed E-state index contributed by atoms with van der Waals surface area (Å²) in [5.41, 5.74) is 1.03. The second-order valence-electron chi connectivity index (χ2n) is 6.19. The number of fused-ring (bicyclic) bond motifs is 1. The highest BCUT2D eigenvalue weighted by Crippen LogP contribution is 2.29. The lowest BCUT2D eigenvalue weighted by Gasteiger charge is -2.35. The first-order valence-electron chi connectivity index (χ1n) is 7.97. The van der Waals surface area contributed by atoms with Gasteiger partial charge in [-0.2, -0.15) is 0 Å². The third-order valence-electron chi connectivity index (χ3n) is 4.11. The van der Waals surface area contributed by atoms with Crippen molar-refractivity contribution in [3.63, 3.8) is 0 Å². The van der Waals surface area contributed by atoms with Crippen LogP contribution in [0.1, 0.15) is 26.7 Å². The van der Waals surface area contributed by atoms with E-state index in [1.165, 1.54) is 23.1 Å². The van der Waals surface area contributed by atoms with Gasteiger partial charge in [0.25, 0.3) is 0 Å². The number of hydrogen-bond donors (Lipinski definition) is 1. The quantitative estimate of drug-likeness (QED) is 0.876. The van der Waals surface area contributed by atoms with Crippen LogP contribution in [0.3, 0.4) is 0 Å². The zero-order valence-corrected chi connectivity index (χ0v) is 14.4. The summed E-state index contributed by atoms with van der Waals surface area (Å²) < 4.78 is 0. The Balaban J connectivity index is 1.91. The lowest BCUT2D eigenvalue weighted by atomic mass is 10.0. The van der Waals surface area contributed by atoms with E-state index >= 15 is 0 Å². The number of thioether (sulfide) groups is 1. The molecule has 0 spiro atoms. The monoisotopic (exact) mass is 316 g/mol. The molecule has 1 fully saturated rings. The highest BCUT2D eigenvalue weighted by atomic mass is 32.2. The molecule has 1 aromatic heterocycles. The topological polar surface area (TPSA) is 41.1 Å². The van der Waals surface area contributed by atoms with E-state index in [4.69, 9.17) is 0 Å². The molecule has 1 atom stereocenters. The first-order valence-corrected chi connectivity index (χ1v) is 9.19. The number of aromatic nitrogens is 2. The zero-order chi connectivity index (χ0) is 15.5. The van der Waals surface area contributed by atoms with E-state index in [2.05, 4.69) is 58.5 Å². The second-order valence-corrected chi connectivity index (χ2v) is 7.07. The molecule has 3 rings (SSSR count). The van der Waals surface area contributed by atoms with Gasteiger partial charge in [0.05, 0.1) is 5.52 Å². The van der Waals surface area contributed by atoms with Crippen molar-refractivity contribution in [1.82, 2.24) is 15.3 Å². The van der Waals surface area contributed by atoms with Crippen molar-refractivity contribution >= 4 is 28.5 Å². The van der Waals surface area contributed by atoms with Crippen molar-refractivity contribution in [2.45, 2.75) is 43.7 Å². The normalized spacial score (nSPS) is 19.1. The van der Waals surface area contributed by atoms with Crippen LogP contribution < -0.4 is 10.2 Å². The highest BCUT2D eigenvalue weighted by Gasteiger charge is 2.22. The molecule has 0 radical (unpaired) electrons. The van der Waals surface area contributed by atoms with Gasteiger partial charge in [-0.25, -0.2) is 9.97 Å². The van der Waals surface area contributed by atoms with Gasteiger partial charge in [0.15, 0.2) is 0 Å². The Morgan fingerprint density at radius 2 is 2.18 bits per heavy atom. The van der Waals surface area contributed by atoms with Crippen molar-refractivity contribution in [2.24, 2.45) is 0 Å². The summed E-state index contributed by atoms with van der Waals surface area (Å²) >= 11 is 1.76. The molecule has 1 unspecified atom stereocenters. The molecule has 2 aromatic rings. The zero-order valence-electron chi connectivity index (χ0n) is 13.5. The first-order chi connectivity index (χ1) is 10.7. The summed E-state index contributed by atoms with van der Waals surface area (Å²) in [6.45, 7) is 6.52. The second kappa shape index (κ2) is 6.84. The molecule has 0 aliphatic carbocycles. The molecule has 22 heavy (non-hydrogen) atoms. The van der Waals surface area contributed by atoms with E-state index in [0.29, 0.717) is 12.1 Å². The average Bonchev–Trinajstić information content (AvgIpc) is 2.53. The van der Waals surface area contributed by atoms with Gasteiger partial charge in [-0.05, 0) is 37.3 Å². The molecule has 1 saturated heterocycles. The number of piperidine rings is 1. The van der Waals surface area contributed by atoms with Crippen LogP contribution in [0.25, 0.3) is 10.9 Å². The van der Waals surface area contributed by atoms with Crippen molar-refractivity contribution < 1.29 is 0 Å². The van der Waals surface area contributed by atoms with Gasteiger partial charge in [0.1, 0.15) is 12.1 Å². The van der Waals surface area contributed by atoms with Crippen molar-refractivity contribution in [1.29, 1.82) is 0 Å². The largest absolute Gasteiger partial charge is 0.354 e. The Labute approximate surface area is 136 Å². The van der Waals surface area contributed by atoms with Crippen LogP contribution in [0.4, 0.5) is 5.82 Å². The number of rotatable bonds is 4. The average molecular weight is 316 g/mol. The molecule has 4 nitrogen and oxygen atoms in total. The summed E-state index contributed by atoms with van der Waals surface area (Å²) in [5.74, 6) is 1.08. The third kappa shape index (κ3) is 3.36. The fourth-order valence-corrected chi connectivity index (χ4v) is 3.62. The summed E-state index contributed by atoms with van der Waals surface area (Å²) in [5, 5.41) is 4.83. The fourth-order valence-electron chi connectivity index (χ4n) is 3.18. The molecule has 118 valence electrons. The van der Waals surface area contributed by atoms with Crippen LogP contribution in [0.15, 0.2) is 29.4 Å². The van der Waals surface area contributed by atoms with Crippen molar-refractivity contribution in [2.75, 3.05) is 24.2 Å². The van der Waals surface area contributed by atoms with Gasteiger partial charge in [0.2, 0.25) is 0 Å². The number of nitrogens with zero attached hydrogens (tertiary/aromatic N) is 3. The molecule has 0 bridgehead atoms. The summed E-state index contributed by atoms with van der Waals surface area (Å²) in [6.07, 6.45) is 6.25. The van der Waals surface area contributed by atoms with Gasteiger partial charge in [0, 0.05) is 35.5 Å². The molecule has 0 amide bonds. The minimum Gasteiger partial charge on any atom is -0.354 e. The van der Waals surface area contributed by atoms with E-state index in [0.717, 1.165) is 24.4 Å². The molecular formula is C17H24N4S. The molecule has 2 heterocycles. The SMILES string of the molecule is CSc1ccc2ncnc(N3CCCC(NC(C)C)C3)c2c1. The van der Waals surface area contributed by atoms with Gasteiger partial charge in [-0.15, -0.1) is 11.8 Å².